The van der Waals surface area contributed by atoms with Gasteiger partial charge in [-0.2, -0.15) is 0 Å². The van der Waals surface area contributed by atoms with Gasteiger partial charge in [0.05, 0.1) is 5.75 Å². The zero-order valence-electron chi connectivity index (χ0n) is 10.2. The van der Waals surface area contributed by atoms with Gasteiger partial charge in [-0.1, -0.05) is 13.8 Å². The molecule has 0 fully saturated rings. The van der Waals surface area contributed by atoms with Crippen molar-refractivity contribution in [2.45, 2.75) is 33.1 Å². The van der Waals surface area contributed by atoms with Crippen molar-refractivity contribution in [3.05, 3.63) is 23.7 Å². The van der Waals surface area contributed by atoms with Crippen molar-refractivity contribution >= 4 is 15.6 Å². The topological polar surface area (TPSA) is 64.3 Å². The van der Waals surface area contributed by atoms with Crippen LogP contribution in [0, 0.1) is 0 Å². The van der Waals surface area contributed by atoms with E-state index in [4.69, 9.17) is 4.42 Å². The van der Waals surface area contributed by atoms with E-state index in [-0.39, 0.29) is 23.7 Å². The lowest BCUT2D eigenvalue weighted by molar-refractivity contribution is 0.0953. The third-order valence-electron chi connectivity index (χ3n) is 2.58. The Labute approximate surface area is 102 Å². The summed E-state index contributed by atoms with van der Waals surface area (Å²) in [5.74, 6) is 1.17. The maximum Gasteiger partial charge on any atom is 0.198 e. The first kappa shape index (κ1) is 14.0. The quantitative estimate of drug-likeness (QED) is 0.703. The molecule has 0 unspecified atom stereocenters. The van der Waals surface area contributed by atoms with Crippen LogP contribution < -0.4 is 0 Å². The minimum absolute atomic E-state index is 0.0661. The SMILES string of the molecule is CCc1ccc(C(=O)CCCS(=O)(=O)CC)o1. The second kappa shape index (κ2) is 6.00. The van der Waals surface area contributed by atoms with Crippen molar-refractivity contribution in [3.8, 4) is 0 Å². The fourth-order valence-corrected chi connectivity index (χ4v) is 2.31. The fraction of sp³-hybridized carbons (Fsp3) is 0.583. The van der Waals surface area contributed by atoms with E-state index in [0.29, 0.717) is 12.2 Å². The molecule has 1 rings (SSSR count). The summed E-state index contributed by atoms with van der Waals surface area (Å²) >= 11 is 0. The normalized spacial score (nSPS) is 11.6. The first-order chi connectivity index (χ1) is 7.98. The Morgan fingerprint density at radius 1 is 1.29 bits per heavy atom. The monoisotopic (exact) mass is 258 g/mol. The smallest absolute Gasteiger partial charge is 0.198 e. The molecule has 4 nitrogen and oxygen atoms in total. The standard InChI is InChI=1S/C12H18O4S/c1-3-10-7-8-12(16-10)11(13)6-5-9-17(14,15)4-2/h7-8H,3-6,9H2,1-2H3. The van der Waals surface area contributed by atoms with Gasteiger partial charge in [-0.05, 0) is 18.6 Å². The van der Waals surface area contributed by atoms with Gasteiger partial charge in [0.25, 0.3) is 0 Å². The average Bonchev–Trinajstić information content (AvgIpc) is 2.77. The molecule has 0 aliphatic rings. The van der Waals surface area contributed by atoms with Crippen molar-refractivity contribution in [1.82, 2.24) is 0 Å². The molecule has 0 aliphatic heterocycles. The van der Waals surface area contributed by atoms with Crippen LogP contribution in [0.3, 0.4) is 0 Å². The Balaban J connectivity index is 2.45. The van der Waals surface area contributed by atoms with Crippen molar-refractivity contribution in [2.75, 3.05) is 11.5 Å². The zero-order chi connectivity index (χ0) is 12.9. The molecule has 1 heterocycles. The van der Waals surface area contributed by atoms with Crippen molar-refractivity contribution in [1.29, 1.82) is 0 Å². The van der Waals surface area contributed by atoms with E-state index in [1.54, 1.807) is 19.1 Å². The van der Waals surface area contributed by atoms with Crippen LogP contribution in [0.5, 0.6) is 0 Å². The van der Waals surface area contributed by atoms with E-state index in [9.17, 15) is 13.2 Å². The number of ketones is 1. The van der Waals surface area contributed by atoms with Gasteiger partial charge in [0.1, 0.15) is 15.6 Å². The first-order valence-corrected chi connectivity index (χ1v) is 7.63. The number of sulfone groups is 1. The lowest BCUT2D eigenvalue weighted by Gasteiger charge is -1.99. The highest BCUT2D eigenvalue weighted by molar-refractivity contribution is 7.91. The van der Waals surface area contributed by atoms with Crippen molar-refractivity contribution in [2.24, 2.45) is 0 Å². The van der Waals surface area contributed by atoms with Crippen molar-refractivity contribution in [3.63, 3.8) is 0 Å². The summed E-state index contributed by atoms with van der Waals surface area (Å²) in [5, 5.41) is 0. The molecule has 0 bridgehead atoms. The first-order valence-electron chi connectivity index (χ1n) is 5.81. The van der Waals surface area contributed by atoms with Gasteiger partial charge in [0.2, 0.25) is 0 Å². The summed E-state index contributed by atoms with van der Waals surface area (Å²) in [7, 11) is -2.98. The Morgan fingerprint density at radius 3 is 2.53 bits per heavy atom. The zero-order valence-corrected chi connectivity index (χ0v) is 11.0. The summed E-state index contributed by atoms with van der Waals surface area (Å²) in [4.78, 5) is 11.7. The van der Waals surface area contributed by atoms with E-state index in [0.717, 1.165) is 12.2 Å². The molecule has 0 saturated carbocycles. The number of aryl methyl sites for hydroxylation is 1. The number of furan rings is 1. The van der Waals surface area contributed by atoms with Gasteiger partial charge in [-0.25, -0.2) is 8.42 Å². The Hall–Kier alpha value is -1.10. The van der Waals surface area contributed by atoms with E-state index in [1.807, 2.05) is 6.92 Å². The number of hydrogen-bond donors (Lipinski definition) is 0. The molecule has 1 aromatic rings. The lowest BCUT2D eigenvalue weighted by Crippen LogP contribution is -2.10. The minimum Gasteiger partial charge on any atom is -0.458 e. The molecule has 0 amide bonds. The number of Topliss-reactive ketones (excluding diaryl/α,β-unsaturated/α-hetero) is 1. The third kappa shape index (κ3) is 4.34. The van der Waals surface area contributed by atoms with Gasteiger partial charge in [0, 0.05) is 18.6 Å². The van der Waals surface area contributed by atoms with Gasteiger partial charge in [0.15, 0.2) is 11.5 Å². The molecule has 5 heteroatoms. The van der Waals surface area contributed by atoms with Crippen LogP contribution in [0.4, 0.5) is 0 Å². The van der Waals surface area contributed by atoms with Crippen LogP contribution in [-0.4, -0.2) is 25.7 Å². The maximum atomic E-state index is 11.7. The third-order valence-corrected chi connectivity index (χ3v) is 4.37. The number of carbonyl (C=O) groups excluding carboxylic acids is 1. The van der Waals surface area contributed by atoms with Crippen LogP contribution in [0.15, 0.2) is 16.5 Å². The highest BCUT2D eigenvalue weighted by atomic mass is 32.2. The van der Waals surface area contributed by atoms with Crippen LogP contribution in [0.2, 0.25) is 0 Å². The summed E-state index contributed by atoms with van der Waals surface area (Å²) in [6.45, 7) is 3.55. The predicted molar refractivity (Wildman–Crippen MR) is 66.0 cm³/mol. The van der Waals surface area contributed by atoms with Gasteiger partial charge < -0.3 is 4.42 Å². The largest absolute Gasteiger partial charge is 0.458 e. The number of hydrogen-bond acceptors (Lipinski definition) is 4. The molecule has 96 valence electrons. The van der Waals surface area contributed by atoms with Gasteiger partial charge in [-0.3, -0.25) is 4.79 Å². The molecule has 0 atom stereocenters. The van der Waals surface area contributed by atoms with E-state index >= 15 is 0 Å². The Kier molecular flexibility index (Phi) is 4.93. The van der Waals surface area contributed by atoms with Crippen LogP contribution in [-0.2, 0) is 16.3 Å². The second-order valence-electron chi connectivity index (χ2n) is 3.88. The average molecular weight is 258 g/mol. The Bertz CT molecular complexity index is 470. The summed E-state index contributed by atoms with van der Waals surface area (Å²) < 4.78 is 27.8. The minimum atomic E-state index is -2.98. The van der Waals surface area contributed by atoms with Gasteiger partial charge in [-0.15, -0.1) is 0 Å². The molecule has 0 radical (unpaired) electrons. The molecule has 0 spiro atoms. The van der Waals surface area contributed by atoms with E-state index in [1.165, 1.54) is 0 Å². The molecule has 0 N–H and O–H groups in total. The van der Waals surface area contributed by atoms with E-state index < -0.39 is 9.84 Å². The molecule has 17 heavy (non-hydrogen) atoms. The Morgan fingerprint density at radius 2 is 2.00 bits per heavy atom. The highest BCUT2D eigenvalue weighted by Crippen LogP contribution is 2.12. The number of rotatable bonds is 7. The highest BCUT2D eigenvalue weighted by Gasteiger charge is 2.13. The van der Waals surface area contributed by atoms with E-state index in [2.05, 4.69) is 0 Å². The molecular formula is C12H18O4S. The van der Waals surface area contributed by atoms with Crippen LogP contribution >= 0.6 is 0 Å². The van der Waals surface area contributed by atoms with Gasteiger partial charge >= 0.3 is 0 Å². The maximum absolute atomic E-state index is 11.7. The lowest BCUT2D eigenvalue weighted by atomic mass is 10.2. The summed E-state index contributed by atoms with van der Waals surface area (Å²) in [6, 6.07) is 3.42. The molecule has 0 aromatic carbocycles. The predicted octanol–water partition coefficient (Wildman–Crippen LogP) is 2.24. The molecule has 0 saturated heterocycles. The van der Waals surface area contributed by atoms with Crippen LogP contribution in [0.1, 0.15) is 43.0 Å². The summed E-state index contributed by atoms with van der Waals surface area (Å²) in [5.41, 5.74) is 0. The van der Waals surface area contributed by atoms with Crippen LogP contribution in [0.25, 0.3) is 0 Å². The number of carbonyl (C=O) groups is 1. The fourth-order valence-electron chi connectivity index (χ4n) is 1.44. The second-order valence-corrected chi connectivity index (χ2v) is 6.36. The molecule has 1 aromatic heterocycles. The molecular weight excluding hydrogens is 240 g/mol. The molecule has 0 aliphatic carbocycles. The van der Waals surface area contributed by atoms with Crippen molar-refractivity contribution < 1.29 is 17.6 Å². The summed E-state index contributed by atoms with van der Waals surface area (Å²) in [6.07, 6.45) is 1.32.